The van der Waals surface area contributed by atoms with Gasteiger partial charge in [0.1, 0.15) is 11.2 Å². The summed E-state index contributed by atoms with van der Waals surface area (Å²) in [5.74, 6) is 6.28. The molecule has 1 aromatic carbocycles. The maximum absolute atomic E-state index is 4.39. The molecule has 2 aromatic heterocycles. The predicted molar refractivity (Wildman–Crippen MR) is 74.0 cm³/mol. The van der Waals surface area contributed by atoms with Crippen LogP contribution < -0.4 is 5.32 Å². The second-order valence-electron chi connectivity index (χ2n) is 3.86. The fourth-order valence-corrected chi connectivity index (χ4v) is 1.75. The van der Waals surface area contributed by atoms with Gasteiger partial charge in [-0.3, -0.25) is 0 Å². The lowest BCUT2D eigenvalue weighted by Gasteiger charge is -2.04. The topological polar surface area (TPSA) is 66.5 Å². The van der Waals surface area contributed by atoms with Gasteiger partial charge >= 0.3 is 0 Å². The number of nitrogens with one attached hydrogen (secondary N) is 2. The van der Waals surface area contributed by atoms with Crippen molar-refractivity contribution in [2.75, 3.05) is 5.32 Å². The summed E-state index contributed by atoms with van der Waals surface area (Å²) < 4.78 is 0. The van der Waals surface area contributed by atoms with E-state index in [1.54, 1.807) is 13.3 Å². The van der Waals surface area contributed by atoms with Crippen LogP contribution in [0.5, 0.6) is 0 Å². The van der Waals surface area contributed by atoms with Crippen molar-refractivity contribution in [1.29, 1.82) is 0 Å². The number of benzene rings is 1. The normalized spacial score (nSPS) is 9.95. The third-order valence-electron chi connectivity index (χ3n) is 2.56. The van der Waals surface area contributed by atoms with Gasteiger partial charge < -0.3 is 10.3 Å². The first-order valence-corrected chi connectivity index (χ1v) is 5.83. The third kappa shape index (κ3) is 2.24. The molecule has 0 aliphatic carbocycles. The minimum absolute atomic E-state index is 0.489. The molecule has 19 heavy (non-hydrogen) atoms. The first-order valence-electron chi connectivity index (χ1n) is 5.83. The highest BCUT2D eigenvalue weighted by Crippen LogP contribution is 2.16. The Bertz CT molecular complexity index is 765. The summed E-state index contributed by atoms with van der Waals surface area (Å²) in [6.07, 6.45) is 1.59. The molecule has 0 spiro atoms. The van der Waals surface area contributed by atoms with Gasteiger partial charge in [-0.05, 0) is 25.0 Å². The van der Waals surface area contributed by atoms with Crippen molar-refractivity contribution in [3.63, 3.8) is 0 Å². The summed E-state index contributed by atoms with van der Waals surface area (Å²) in [7, 11) is 0. The van der Waals surface area contributed by atoms with Crippen molar-refractivity contribution >= 4 is 22.8 Å². The van der Waals surface area contributed by atoms with E-state index in [4.69, 9.17) is 0 Å². The average Bonchev–Trinajstić information content (AvgIpc) is 2.89. The van der Waals surface area contributed by atoms with E-state index in [2.05, 4.69) is 37.1 Å². The molecule has 5 nitrogen and oxygen atoms in total. The summed E-state index contributed by atoms with van der Waals surface area (Å²) in [6.45, 7) is 1.77. The number of hydrogen-bond donors (Lipinski definition) is 2. The Labute approximate surface area is 110 Å². The smallest absolute Gasteiger partial charge is 0.230 e. The van der Waals surface area contributed by atoms with Gasteiger partial charge in [0, 0.05) is 5.69 Å². The number of rotatable bonds is 2. The zero-order valence-corrected chi connectivity index (χ0v) is 10.3. The second-order valence-corrected chi connectivity index (χ2v) is 3.86. The van der Waals surface area contributed by atoms with Crippen molar-refractivity contribution < 1.29 is 0 Å². The summed E-state index contributed by atoms with van der Waals surface area (Å²) >= 11 is 0. The van der Waals surface area contributed by atoms with Crippen LogP contribution in [0.2, 0.25) is 0 Å². The Hall–Kier alpha value is -2.87. The molecule has 0 saturated heterocycles. The van der Waals surface area contributed by atoms with E-state index in [1.165, 1.54) is 0 Å². The number of aromatic nitrogens is 4. The minimum atomic E-state index is 0.489. The standard InChI is InChI=1S/C14H11N5/c1-2-6-11-12-13(16-9-15-12)19-14(18-11)17-10-7-4-3-5-8-10/h3-5,7-9H,1H3,(H2,15,16,17,18,19). The zero-order chi connectivity index (χ0) is 13.1. The summed E-state index contributed by atoms with van der Waals surface area (Å²) in [4.78, 5) is 15.9. The zero-order valence-electron chi connectivity index (χ0n) is 10.3. The number of anilines is 2. The summed E-state index contributed by atoms with van der Waals surface area (Å²) in [5, 5.41) is 3.14. The molecule has 0 saturated carbocycles. The van der Waals surface area contributed by atoms with Crippen LogP contribution in [-0.4, -0.2) is 19.9 Å². The van der Waals surface area contributed by atoms with Gasteiger partial charge in [0.15, 0.2) is 5.65 Å². The van der Waals surface area contributed by atoms with Crippen molar-refractivity contribution in [2.24, 2.45) is 0 Å². The summed E-state index contributed by atoms with van der Waals surface area (Å²) in [5.41, 5.74) is 2.93. The molecule has 92 valence electrons. The lowest BCUT2D eigenvalue weighted by molar-refractivity contribution is 1.18. The third-order valence-corrected chi connectivity index (χ3v) is 2.56. The molecular formula is C14H11N5. The molecule has 0 fully saturated rings. The van der Waals surface area contributed by atoms with Gasteiger partial charge in [0.2, 0.25) is 5.95 Å². The largest absolute Gasteiger partial charge is 0.341 e. The fourth-order valence-electron chi connectivity index (χ4n) is 1.75. The monoisotopic (exact) mass is 249 g/mol. The van der Waals surface area contributed by atoms with Gasteiger partial charge in [0.25, 0.3) is 0 Å². The quantitative estimate of drug-likeness (QED) is 0.685. The first kappa shape index (κ1) is 11.2. The van der Waals surface area contributed by atoms with Crippen molar-refractivity contribution in [3.05, 3.63) is 42.4 Å². The Kier molecular flexibility index (Phi) is 2.83. The SMILES string of the molecule is CC#Cc1nc(Nc2ccccc2)nc2nc[nH]c12. The second kappa shape index (κ2) is 4.78. The fraction of sp³-hybridized carbons (Fsp3) is 0.0714. The van der Waals surface area contributed by atoms with E-state index in [0.29, 0.717) is 17.3 Å². The molecular weight excluding hydrogens is 238 g/mol. The summed E-state index contributed by atoms with van der Waals surface area (Å²) in [6, 6.07) is 9.74. The van der Waals surface area contributed by atoms with Gasteiger partial charge in [-0.25, -0.2) is 9.97 Å². The van der Waals surface area contributed by atoms with Gasteiger partial charge in [-0.15, -0.1) is 0 Å². The molecule has 3 aromatic rings. The number of fused-ring (bicyclic) bond motifs is 1. The molecule has 0 unspecified atom stereocenters. The molecule has 0 atom stereocenters. The minimum Gasteiger partial charge on any atom is -0.341 e. The first-order chi connectivity index (χ1) is 9.36. The molecule has 0 bridgehead atoms. The van der Waals surface area contributed by atoms with E-state index in [0.717, 1.165) is 11.2 Å². The highest BCUT2D eigenvalue weighted by molar-refractivity contribution is 5.77. The molecule has 0 amide bonds. The lowest BCUT2D eigenvalue weighted by Crippen LogP contribution is -1.99. The van der Waals surface area contributed by atoms with Crippen LogP contribution in [0.1, 0.15) is 12.6 Å². The van der Waals surface area contributed by atoms with Crippen molar-refractivity contribution in [1.82, 2.24) is 19.9 Å². The molecule has 0 aliphatic heterocycles. The Morgan fingerprint density at radius 3 is 2.79 bits per heavy atom. The van der Waals surface area contributed by atoms with Crippen LogP contribution in [0.25, 0.3) is 11.2 Å². The molecule has 0 radical (unpaired) electrons. The highest BCUT2D eigenvalue weighted by atomic mass is 15.1. The van der Waals surface area contributed by atoms with Gasteiger partial charge in [0.05, 0.1) is 6.33 Å². The number of aromatic amines is 1. The predicted octanol–water partition coefficient (Wildman–Crippen LogP) is 2.47. The lowest BCUT2D eigenvalue weighted by atomic mass is 10.3. The number of para-hydroxylation sites is 1. The van der Waals surface area contributed by atoms with Crippen LogP contribution in [0, 0.1) is 11.8 Å². The Morgan fingerprint density at radius 2 is 2.00 bits per heavy atom. The van der Waals surface area contributed by atoms with Crippen LogP contribution in [0.3, 0.4) is 0 Å². The van der Waals surface area contributed by atoms with Crippen LogP contribution in [0.4, 0.5) is 11.6 Å². The van der Waals surface area contributed by atoms with Crippen molar-refractivity contribution in [2.45, 2.75) is 6.92 Å². The maximum atomic E-state index is 4.39. The number of nitrogens with zero attached hydrogens (tertiary/aromatic N) is 3. The van der Waals surface area contributed by atoms with E-state index >= 15 is 0 Å². The molecule has 0 aliphatic rings. The van der Waals surface area contributed by atoms with Crippen LogP contribution in [0.15, 0.2) is 36.7 Å². The van der Waals surface area contributed by atoms with Gasteiger partial charge in [-0.2, -0.15) is 4.98 Å². The maximum Gasteiger partial charge on any atom is 0.230 e. The number of hydrogen-bond acceptors (Lipinski definition) is 4. The molecule has 5 heteroatoms. The van der Waals surface area contributed by atoms with E-state index in [9.17, 15) is 0 Å². The Balaban J connectivity index is 2.06. The highest BCUT2D eigenvalue weighted by Gasteiger charge is 2.08. The van der Waals surface area contributed by atoms with E-state index in [-0.39, 0.29) is 0 Å². The van der Waals surface area contributed by atoms with Crippen molar-refractivity contribution in [3.8, 4) is 11.8 Å². The van der Waals surface area contributed by atoms with E-state index in [1.807, 2.05) is 30.3 Å². The van der Waals surface area contributed by atoms with Gasteiger partial charge in [-0.1, -0.05) is 24.1 Å². The number of imidazole rings is 1. The van der Waals surface area contributed by atoms with E-state index < -0.39 is 0 Å². The molecule has 2 heterocycles. The van der Waals surface area contributed by atoms with Crippen LogP contribution in [-0.2, 0) is 0 Å². The number of H-pyrrole nitrogens is 1. The van der Waals surface area contributed by atoms with Crippen LogP contribution >= 0.6 is 0 Å². The average molecular weight is 249 g/mol. The molecule has 3 rings (SSSR count). The molecule has 2 N–H and O–H groups in total. The Morgan fingerprint density at radius 1 is 1.16 bits per heavy atom.